The number of nitrogens with zero attached hydrogens (tertiary/aromatic N) is 1. The number of aryl methyl sites for hydroxylation is 1. The second-order valence-corrected chi connectivity index (χ2v) is 7.23. The molecule has 0 fully saturated rings. The lowest BCUT2D eigenvalue weighted by molar-refractivity contribution is 0.653. The van der Waals surface area contributed by atoms with Gasteiger partial charge in [0.25, 0.3) is 0 Å². The number of unbranched alkanes of at least 4 members (excludes halogenated alkanes) is 1. The first kappa shape index (κ1) is 18.3. The van der Waals surface area contributed by atoms with Crippen molar-refractivity contribution in [2.24, 2.45) is 0 Å². The van der Waals surface area contributed by atoms with Crippen molar-refractivity contribution in [1.29, 1.82) is 0 Å². The van der Waals surface area contributed by atoms with Crippen LogP contribution in [0.4, 0.5) is 0 Å². The normalized spacial score (nSPS) is 11.5. The molecule has 4 rings (SSSR count). The third kappa shape index (κ3) is 3.80. The van der Waals surface area contributed by atoms with E-state index in [1.165, 1.54) is 46.1 Å². The summed E-state index contributed by atoms with van der Waals surface area (Å²) in [6.07, 6.45) is 7.85. The molecule has 0 radical (unpaired) electrons. The van der Waals surface area contributed by atoms with Gasteiger partial charge in [0.2, 0.25) is 0 Å². The molecule has 0 saturated heterocycles. The van der Waals surface area contributed by atoms with Crippen molar-refractivity contribution in [3.8, 4) is 11.3 Å². The van der Waals surface area contributed by atoms with Crippen LogP contribution in [0.3, 0.4) is 0 Å². The van der Waals surface area contributed by atoms with Gasteiger partial charge in [-0.25, -0.2) is 0 Å². The van der Waals surface area contributed by atoms with Crippen LogP contribution in [0.5, 0.6) is 0 Å². The molecule has 1 heterocycles. The number of allylic oxidation sites excluding steroid dienone is 1. The second-order valence-electron chi connectivity index (χ2n) is 7.23. The van der Waals surface area contributed by atoms with Crippen LogP contribution in [-0.4, -0.2) is 4.57 Å². The number of benzene rings is 3. The molecule has 0 amide bonds. The maximum Gasteiger partial charge on any atom is 0.0527 e. The van der Waals surface area contributed by atoms with E-state index in [0.29, 0.717) is 0 Å². The molecule has 28 heavy (non-hydrogen) atoms. The van der Waals surface area contributed by atoms with Crippen LogP contribution in [-0.2, 0) is 13.0 Å². The summed E-state index contributed by atoms with van der Waals surface area (Å²) >= 11 is 0. The Bertz CT molecular complexity index is 1060. The van der Waals surface area contributed by atoms with Gasteiger partial charge in [-0.05, 0) is 35.6 Å². The first-order valence-electron chi connectivity index (χ1n) is 10.3. The fraction of sp³-hybridized carbons (Fsp3) is 0.185. The Balaban J connectivity index is 1.82. The zero-order chi connectivity index (χ0) is 19.2. The summed E-state index contributed by atoms with van der Waals surface area (Å²) in [7, 11) is 0. The molecule has 0 N–H and O–H groups in total. The van der Waals surface area contributed by atoms with Crippen molar-refractivity contribution in [1.82, 2.24) is 4.57 Å². The van der Waals surface area contributed by atoms with E-state index in [9.17, 15) is 0 Å². The van der Waals surface area contributed by atoms with Gasteiger partial charge >= 0.3 is 0 Å². The zero-order valence-electron chi connectivity index (χ0n) is 16.5. The van der Waals surface area contributed by atoms with E-state index in [1.54, 1.807) is 0 Å². The van der Waals surface area contributed by atoms with Crippen molar-refractivity contribution < 1.29 is 0 Å². The fourth-order valence-electron chi connectivity index (χ4n) is 3.93. The third-order valence-corrected chi connectivity index (χ3v) is 5.29. The quantitative estimate of drug-likeness (QED) is 0.322. The van der Waals surface area contributed by atoms with Gasteiger partial charge in [0, 0.05) is 17.4 Å². The summed E-state index contributed by atoms with van der Waals surface area (Å²) in [5.41, 5.74) is 6.69. The van der Waals surface area contributed by atoms with Gasteiger partial charge in [0.05, 0.1) is 5.69 Å². The fourth-order valence-corrected chi connectivity index (χ4v) is 3.93. The van der Waals surface area contributed by atoms with Gasteiger partial charge < -0.3 is 4.57 Å². The minimum absolute atomic E-state index is 0.929. The van der Waals surface area contributed by atoms with E-state index in [1.807, 2.05) is 0 Å². The summed E-state index contributed by atoms with van der Waals surface area (Å²) in [6, 6.07) is 30.2. The highest BCUT2D eigenvalue weighted by Crippen LogP contribution is 2.35. The van der Waals surface area contributed by atoms with Crippen LogP contribution < -0.4 is 0 Å². The molecular formula is C27H27N. The van der Waals surface area contributed by atoms with Crippen molar-refractivity contribution in [2.75, 3.05) is 0 Å². The molecule has 0 aliphatic heterocycles. The Labute approximate surface area is 168 Å². The van der Waals surface area contributed by atoms with Crippen LogP contribution >= 0.6 is 0 Å². The summed E-state index contributed by atoms with van der Waals surface area (Å²) in [5.74, 6) is 0. The molecule has 4 aromatic rings. The predicted molar refractivity (Wildman–Crippen MR) is 121 cm³/mol. The topological polar surface area (TPSA) is 4.93 Å². The third-order valence-electron chi connectivity index (χ3n) is 5.29. The van der Waals surface area contributed by atoms with Gasteiger partial charge in [0.15, 0.2) is 0 Å². The van der Waals surface area contributed by atoms with Gasteiger partial charge in [0.1, 0.15) is 0 Å². The van der Waals surface area contributed by atoms with Crippen molar-refractivity contribution in [3.05, 3.63) is 102 Å². The maximum absolute atomic E-state index is 2.53. The summed E-state index contributed by atoms with van der Waals surface area (Å²) < 4.78 is 2.53. The lowest BCUT2D eigenvalue weighted by Crippen LogP contribution is -2.01. The molecule has 0 bridgehead atoms. The molecule has 1 nitrogen and oxygen atoms in total. The number of fused-ring (bicyclic) bond motifs is 1. The molecule has 0 aliphatic rings. The molecule has 3 aromatic carbocycles. The molecule has 1 heteroatoms. The number of para-hydroxylation sites is 1. The Hall–Kier alpha value is -3.06. The lowest BCUT2D eigenvalue weighted by atomic mass is 10.0. The predicted octanol–water partition coefficient (Wildman–Crippen LogP) is 7.36. The first-order valence-corrected chi connectivity index (χ1v) is 10.3. The average molecular weight is 366 g/mol. The SMILES string of the molecule is CCCCn1c(-c2ccccc2)c(C/C=C/c2ccccc2)c2ccccc21. The Morgan fingerprint density at radius 2 is 1.46 bits per heavy atom. The van der Waals surface area contributed by atoms with Crippen LogP contribution in [0.2, 0.25) is 0 Å². The second kappa shape index (κ2) is 8.75. The van der Waals surface area contributed by atoms with Crippen LogP contribution in [0, 0.1) is 0 Å². The van der Waals surface area contributed by atoms with E-state index in [0.717, 1.165) is 13.0 Å². The van der Waals surface area contributed by atoms with Crippen LogP contribution in [0.1, 0.15) is 30.9 Å². The molecular weight excluding hydrogens is 338 g/mol. The average Bonchev–Trinajstić information content (AvgIpc) is 3.07. The number of hydrogen-bond donors (Lipinski definition) is 0. The van der Waals surface area contributed by atoms with E-state index in [-0.39, 0.29) is 0 Å². The monoisotopic (exact) mass is 365 g/mol. The molecule has 0 atom stereocenters. The standard InChI is InChI=1S/C27H27N/c1-2-3-21-28-26-20-11-10-18-24(26)25(27(28)23-16-8-5-9-17-23)19-12-15-22-13-6-4-7-14-22/h4-18,20H,2-3,19,21H2,1H3/b15-12+. The van der Waals surface area contributed by atoms with Crippen molar-refractivity contribution in [2.45, 2.75) is 32.7 Å². The zero-order valence-corrected chi connectivity index (χ0v) is 16.5. The summed E-state index contributed by atoms with van der Waals surface area (Å²) in [6.45, 7) is 3.32. The number of rotatable bonds is 7. The van der Waals surface area contributed by atoms with E-state index < -0.39 is 0 Å². The van der Waals surface area contributed by atoms with Gasteiger partial charge in [-0.15, -0.1) is 0 Å². The Morgan fingerprint density at radius 1 is 0.786 bits per heavy atom. The molecule has 0 saturated carbocycles. The minimum Gasteiger partial charge on any atom is -0.340 e. The van der Waals surface area contributed by atoms with Gasteiger partial charge in [-0.3, -0.25) is 0 Å². The minimum atomic E-state index is 0.929. The highest BCUT2D eigenvalue weighted by Gasteiger charge is 2.17. The van der Waals surface area contributed by atoms with E-state index in [4.69, 9.17) is 0 Å². The summed E-state index contributed by atoms with van der Waals surface area (Å²) in [4.78, 5) is 0. The van der Waals surface area contributed by atoms with E-state index >= 15 is 0 Å². The van der Waals surface area contributed by atoms with Crippen LogP contribution in [0.25, 0.3) is 28.2 Å². The Kier molecular flexibility index (Phi) is 5.72. The smallest absolute Gasteiger partial charge is 0.0527 e. The first-order chi connectivity index (χ1) is 13.9. The number of aromatic nitrogens is 1. The summed E-state index contributed by atoms with van der Waals surface area (Å²) in [5, 5.41) is 1.37. The number of hydrogen-bond acceptors (Lipinski definition) is 0. The molecule has 0 unspecified atom stereocenters. The van der Waals surface area contributed by atoms with Gasteiger partial charge in [-0.2, -0.15) is 0 Å². The molecule has 0 aliphatic carbocycles. The van der Waals surface area contributed by atoms with Gasteiger partial charge in [-0.1, -0.05) is 104 Å². The Morgan fingerprint density at radius 3 is 2.21 bits per heavy atom. The molecule has 140 valence electrons. The van der Waals surface area contributed by atoms with E-state index in [2.05, 4.69) is 109 Å². The molecule has 1 aromatic heterocycles. The lowest BCUT2D eigenvalue weighted by Gasteiger charge is -2.12. The van der Waals surface area contributed by atoms with Crippen LogP contribution in [0.15, 0.2) is 91.0 Å². The van der Waals surface area contributed by atoms with Crippen molar-refractivity contribution in [3.63, 3.8) is 0 Å². The highest BCUT2D eigenvalue weighted by molar-refractivity contribution is 5.92. The maximum atomic E-state index is 2.53. The largest absolute Gasteiger partial charge is 0.340 e. The van der Waals surface area contributed by atoms with Crippen molar-refractivity contribution >= 4 is 17.0 Å². The highest BCUT2D eigenvalue weighted by atomic mass is 15.0. The molecule has 0 spiro atoms.